The molecule has 0 aliphatic rings. The van der Waals surface area contributed by atoms with Crippen LogP contribution in [0.5, 0.6) is 0 Å². The summed E-state index contributed by atoms with van der Waals surface area (Å²) in [5.41, 5.74) is 0. The zero-order valence-electron chi connectivity index (χ0n) is 12.4. The number of methoxy groups -OCH3 is 1. The topological polar surface area (TPSA) is 79.5 Å². The van der Waals surface area contributed by atoms with Crippen LogP contribution in [-0.2, 0) is 14.3 Å². The summed E-state index contributed by atoms with van der Waals surface area (Å²) in [5.74, 6) is -0.213. The zero-order chi connectivity index (χ0) is 14.7. The molecule has 0 aromatic heterocycles. The van der Waals surface area contributed by atoms with Crippen molar-refractivity contribution in [1.29, 1.82) is 0 Å². The Morgan fingerprint density at radius 2 is 1.58 bits per heavy atom. The van der Waals surface area contributed by atoms with Crippen molar-refractivity contribution in [1.82, 2.24) is 16.0 Å². The van der Waals surface area contributed by atoms with Crippen LogP contribution in [0.2, 0.25) is 0 Å². The molecule has 0 rings (SSSR count). The molecule has 6 heteroatoms. The lowest BCUT2D eigenvalue weighted by Gasteiger charge is -2.19. The summed E-state index contributed by atoms with van der Waals surface area (Å²) in [6, 6.07) is -0.802. The van der Waals surface area contributed by atoms with Gasteiger partial charge in [-0.3, -0.25) is 14.9 Å². The molecule has 0 fully saturated rings. The number of rotatable bonds is 10. The first kappa shape index (κ1) is 17.9. The van der Waals surface area contributed by atoms with Crippen LogP contribution in [0.4, 0.5) is 0 Å². The molecule has 112 valence electrons. The van der Waals surface area contributed by atoms with E-state index in [0.717, 1.165) is 12.8 Å². The molecule has 0 bridgehead atoms. The smallest absolute Gasteiger partial charge is 0.236 e. The molecule has 2 amide bonds. The minimum absolute atomic E-state index is 0.0787. The highest BCUT2D eigenvalue weighted by molar-refractivity contribution is 5.84. The van der Waals surface area contributed by atoms with Crippen molar-refractivity contribution in [3.63, 3.8) is 0 Å². The van der Waals surface area contributed by atoms with Gasteiger partial charge in [-0.1, -0.05) is 13.3 Å². The number of hydrogen-bond donors (Lipinski definition) is 3. The summed E-state index contributed by atoms with van der Waals surface area (Å²) in [7, 11) is 1.58. The molecule has 0 heterocycles. The van der Waals surface area contributed by atoms with Gasteiger partial charge >= 0.3 is 0 Å². The number of amides is 2. The van der Waals surface area contributed by atoms with E-state index < -0.39 is 6.04 Å². The maximum absolute atomic E-state index is 11.7. The Morgan fingerprint density at radius 1 is 1.05 bits per heavy atom. The van der Waals surface area contributed by atoms with Crippen LogP contribution >= 0.6 is 0 Å². The van der Waals surface area contributed by atoms with E-state index in [0.29, 0.717) is 19.7 Å². The minimum Gasteiger partial charge on any atom is -0.383 e. The van der Waals surface area contributed by atoms with Gasteiger partial charge in [-0.25, -0.2) is 0 Å². The van der Waals surface area contributed by atoms with Gasteiger partial charge in [-0.15, -0.1) is 0 Å². The molecule has 0 saturated carbocycles. The van der Waals surface area contributed by atoms with Crippen molar-refractivity contribution in [3.8, 4) is 0 Å². The highest BCUT2D eigenvalue weighted by Gasteiger charge is 2.18. The van der Waals surface area contributed by atoms with Crippen LogP contribution in [0, 0.1) is 0 Å². The summed E-state index contributed by atoms with van der Waals surface area (Å²) in [6.45, 7) is 7.18. The zero-order valence-corrected chi connectivity index (χ0v) is 12.4. The van der Waals surface area contributed by atoms with Gasteiger partial charge in [-0.2, -0.15) is 0 Å². The van der Waals surface area contributed by atoms with Gasteiger partial charge in [0.05, 0.1) is 18.7 Å². The number of ether oxygens (including phenoxy) is 1. The van der Waals surface area contributed by atoms with Crippen molar-refractivity contribution in [2.75, 3.05) is 26.8 Å². The summed E-state index contributed by atoms with van der Waals surface area (Å²) in [6.07, 6.45) is 2.01. The highest BCUT2D eigenvalue weighted by atomic mass is 16.5. The molecule has 0 aliphatic heterocycles. The van der Waals surface area contributed by atoms with Crippen molar-refractivity contribution in [2.24, 2.45) is 0 Å². The molecule has 2 unspecified atom stereocenters. The third-order valence-corrected chi connectivity index (χ3v) is 2.72. The Labute approximate surface area is 115 Å². The molecule has 0 spiro atoms. The Bertz CT molecular complexity index is 246. The second kappa shape index (κ2) is 10.8. The second-order valence-electron chi connectivity index (χ2n) is 4.54. The normalized spacial score (nSPS) is 13.7. The predicted molar refractivity (Wildman–Crippen MR) is 74.9 cm³/mol. The summed E-state index contributed by atoms with van der Waals surface area (Å²) < 4.78 is 4.85. The van der Waals surface area contributed by atoms with Gasteiger partial charge < -0.3 is 15.4 Å². The van der Waals surface area contributed by atoms with Crippen LogP contribution in [0.25, 0.3) is 0 Å². The van der Waals surface area contributed by atoms with Gasteiger partial charge in [-0.05, 0) is 20.3 Å². The first-order chi connectivity index (χ1) is 9.02. The maximum atomic E-state index is 11.7. The molecule has 0 aromatic rings. The summed E-state index contributed by atoms with van der Waals surface area (Å²) >= 11 is 0. The lowest BCUT2D eigenvalue weighted by Crippen LogP contribution is -2.51. The molecule has 0 aliphatic carbocycles. The van der Waals surface area contributed by atoms with Crippen LogP contribution in [-0.4, -0.2) is 50.7 Å². The fourth-order valence-corrected chi connectivity index (χ4v) is 1.50. The van der Waals surface area contributed by atoms with Crippen molar-refractivity contribution in [2.45, 2.75) is 45.7 Å². The Morgan fingerprint density at radius 3 is 2.05 bits per heavy atom. The van der Waals surface area contributed by atoms with Crippen molar-refractivity contribution in [3.05, 3.63) is 0 Å². The Hall–Kier alpha value is -1.14. The molecular weight excluding hydrogens is 246 g/mol. The Kier molecular flexibility index (Phi) is 10.1. The van der Waals surface area contributed by atoms with E-state index in [2.05, 4.69) is 22.9 Å². The van der Waals surface area contributed by atoms with Crippen LogP contribution in [0.3, 0.4) is 0 Å². The molecule has 0 radical (unpaired) electrons. The molecule has 19 heavy (non-hydrogen) atoms. The van der Waals surface area contributed by atoms with Crippen LogP contribution in [0.15, 0.2) is 0 Å². The van der Waals surface area contributed by atoms with Gasteiger partial charge in [0.2, 0.25) is 11.8 Å². The summed E-state index contributed by atoms with van der Waals surface area (Å²) in [5, 5.41) is 8.52. The van der Waals surface area contributed by atoms with E-state index >= 15 is 0 Å². The molecule has 0 aromatic carbocycles. The van der Waals surface area contributed by atoms with Gasteiger partial charge in [0.1, 0.15) is 0 Å². The van der Waals surface area contributed by atoms with E-state index in [-0.39, 0.29) is 17.9 Å². The molecule has 6 nitrogen and oxygen atoms in total. The lowest BCUT2D eigenvalue weighted by molar-refractivity contribution is -0.125. The van der Waals surface area contributed by atoms with E-state index in [1.807, 2.05) is 0 Å². The van der Waals surface area contributed by atoms with E-state index in [1.54, 1.807) is 21.0 Å². The highest BCUT2D eigenvalue weighted by Crippen LogP contribution is 1.90. The number of hydrogen-bond acceptors (Lipinski definition) is 4. The quantitative estimate of drug-likeness (QED) is 0.491. The van der Waals surface area contributed by atoms with Crippen molar-refractivity contribution < 1.29 is 14.3 Å². The van der Waals surface area contributed by atoms with E-state index in [9.17, 15) is 9.59 Å². The average molecular weight is 273 g/mol. The van der Waals surface area contributed by atoms with Crippen LogP contribution < -0.4 is 16.0 Å². The SMILES string of the molecule is CCCCNC(=O)C(C)NC(C)C(=O)NCCOC. The molecule has 3 N–H and O–H groups in total. The van der Waals surface area contributed by atoms with Gasteiger partial charge in [0.25, 0.3) is 0 Å². The van der Waals surface area contributed by atoms with Gasteiger partial charge in [0.15, 0.2) is 0 Å². The van der Waals surface area contributed by atoms with Crippen molar-refractivity contribution >= 4 is 11.8 Å². The first-order valence-electron chi connectivity index (χ1n) is 6.83. The lowest BCUT2D eigenvalue weighted by atomic mass is 10.2. The van der Waals surface area contributed by atoms with Crippen LogP contribution in [0.1, 0.15) is 33.6 Å². The second-order valence-corrected chi connectivity index (χ2v) is 4.54. The third-order valence-electron chi connectivity index (χ3n) is 2.72. The number of nitrogens with one attached hydrogen (secondary N) is 3. The largest absolute Gasteiger partial charge is 0.383 e. The molecular formula is C13H27N3O3. The Balaban J connectivity index is 3.92. The maximum Gasteiger partial charge on any atom is 0.236 e. The number of carbonyl (C=O) groups excluding carboxylic acids is 2. The predicted octanol–water partition coefficient (Wildman–Crippen LogP) is 0.0319. The van der Waals surface area contributed by atoms with Gasteiger partial charge in [0, 0.05) is 20.2 Å². The third kappa shape index (κ3) is 8.56. The number of carbonyl (C=O) groups is 2. The average Bonchev–Trinajstić information content (AvgIpc) is 2.38. The fraction of sp³-hybridized carbons (Fsp3) is 0.846. The monoisotopic (exact) mass is 273 g/mol. The number of unbranched alkanes of at least 4 members (excludes halogenated alkanes) is 1. The fourth-order valence-electron chi connectivity index (χ4n) is 1.50. The first-order valence-corrected chi connectivity index (χ1v) is 6.83. The van der Waals surface area contributed by atoms with E-state index in [4.69, 9.17) is 4.74 Å². The minimum atomic E-state index is -0.413. The molecule has 0 saturated heterocycles. The molecule has 2 atom stereocenters. The summed E-state index contributed by atoms with van der Waals surface area (Å²) in [4.78, 5) is 23.4. The van der Waals surface area contributed by atoms with E-state index in [1.165, 1.54) is 0 Å². The standard InChI is InChI=1S/C13H27N3O3/c1-5-6-7-14-12(17)10(2)16-11(3)13(18)15-8-9-19-4/h10-11,16H,5-9H2,1-4H3,(H,14,17)(H,15,18).